The van der Waals surface area contributed by atoms with Crippen LogP contribution in [0.4, 0.5) is 0 Å². The van der Waals surface area contributed by atoms with E-state index < -0.39 is 0 Å². The highest BCUT2D eigenvalue weighted by atomic mass is 16.5. The Morgan fingerprint density at radius 2 is 1.95 bits per heavy atom. The van der Waals surface area contributed by atoms with E-state index in [1.165, 1.54) is 30.4 Å². The molecule has 3 aliphatic carbocycles. The molecule has 20 heavy (non-hydrogen) atoms. The number of para-hydroxylation sites is 1. The van der Waals surface area contributed by atoms with Crippen molar-refractivity contribution in [1.29, 1.82) is 0 Å². The Morgan fingerprint density at radius 1 is 1.15 bits per heavy atom. The number of rotatable bonds is 2. The van der Waals surface area contributed by atoms with Gasteiger partial charge in [-0.1, -0.05) is 18.2 Å². The molecule has 1 heterocycles. The monoisotopic (exact) mass is 269 g/mol. The predicted molar refractivity (Wildman–Crippen MR) is 78.5 cm³/mol. The molecule has 0 spiro atoms. The molecule has 1 aromatic carbocycles. The lowest BCUT2D eigenvalue weighted by atomic mass is 9.91. The van der Waals surface area contributed by atoms with Crippen LogP contribution < -0.4 is 10.5 Å². The van der Waals surface area contributed by atoms with Gasteiger partial charge in [0, 0.05) is 11.6 Å². The second-order valence-corrected chi connectivity index (χ2v) is 7.38. The number of fused-ring (bicyclic) bond motifs is 6. The zero-order chi connectivity index (χ0) is 13.3. The Morgan fingerprint density at radius 3 is 2.75 bits per heavy atom. The molecule has 4 aliphatic rings. The largest absolute Gasteiger partial charge is 0.493 e. The van der Waals surface area contributed by atoms with E-state index in [0.717, 1.165) is 54.8 Å². The fourth-order valence-corrected chi connectivity index (χ4v) is 5.76. The molecule has 0 saturated heterocycles. The summed E-state index contributed by atoms with van der Waals surface area (Å²) in [7, 11) is 0. The molecule has 1 aliphatic heterocycles. The third-order valence-electron chi connectivity index (χ3n) is 6.53. The van der Waals surface area contributed by atoms with Crippen molar-refractivity contribution in [2.45, 2.75) is 38.1 Å². The minimum atomic E-state index is 0.210. The third kappa shape index (κ3) is 1.43. The number of hydrogen-bond donors (Lipinski definition) is 1. The molecule has 1 aromatic rings. The van der Waals surface area contributed by atoms with Gasteiger partial charge in [0.05, 0.1) is 6.61 Å². The van der Waals surface area contributed by atoms with E-state index in [0.29, 0.717) is 0 Å². The lowest BCUT2D eigenvalue weighted by molar-refractivity contribution is 0.280. The zero-order valence-corrected chi connectivity index (χ0v) is 11.9. The molecule has 3 fully saturated rings. The highest BCUT2D eigenvalue weighted by Crippen LogP contribution is 2.72. The molecule has 5 atom stereocenters. The van der Waals surface area contributed by atoms with Gasteiger partial charge < -0.3 is 10.5 Å². The summed E-state index contributed by atoms with van der Waals surface area (Å²) in [6, 6.07) is 6.81. The number of hydrogen-bond acceptors (Lipinski definition) is 2. The normalized spacial score (nSPS) is 41.8. The molecule has 0 amide bonds. The van der Waals surface area contributed by atoms with E-state index in [1.54, 1.807) is 0 Å². The number of aryl methyl sites for hydroxylation is 1. The van der Waals surface area contributed by atoms with Crippen molar-refractivity contribution in [1.82, 2.24) is 0 Å². The van der Waals surface area contributed by atoms with Gasteiger partial charge in [-0.15, -0.1) is 0 Å². The Labute approximate surface area is 120 Å². The van der Waals surface area contributed by atoms with Crippen LogP contribution in [-0.2, 0) is 6.42 Å². The van der Waals surface area contributed by atoms with Crippen LogP contribution in [-0.4, -0.2) is 6.61 Å². The van der Waals surface area contributed by atoms with Crippen LogP contribution in [0.5, 0.6) is 5.75 Å². The van der Waals surface area contributed by atoms with Gasteiger partial charge in [0.15, 0.2) is 0 Å². The first kappa shape index (κ1) is 11.6. The highest BCUT2D eigenvalue weighted by molar-refractivity contribution is 5.45. The van der Waals surface area contributed by atoms with Crippen LogP contribution >= 0.6 is 0 Å². The van der Waals surface area contributed by atoms with Crippen LogP contribution in [0.15, 0.2) is 18.2 Å². The summed E-state index contributed by atoms with van der Waals surface area (Å²) in [5.41, 5.74) is 9.35. The summed E-state index contributed by atoms with van der Waals surface area (Å²) >= 11 is 0. The van der Waals surface area contributed by atoms with Crippen LogP contribution in [0.25, 0.3) is 0 Å². The first-order valence-electron chi connectivity index (χ1n) is 8.35. The number of benzene rings is 1. The van der Waals surface area contributed by atoms with Crippen molar-refractivity contribution in [3.05, 3.63) is 29.3 Å². The van der Waals surface area contributed by atoms with Crippen molar-refractivity contribution in [3.8, 4) is 5.75 Å². The fourth-order valence-electron chi connectivity index (χ4n) is 5.76. The average molecular weight is 269 g/mol. The van der Waals surface area contributed by atoms with Crippen LogP contribution in [0.3, 0.4) is 0 Å². The maximum atomic E-state index is 6.69. The Hall–Kier alpha value is -1.02. The molecule has 3 saturated carbocycles. The van der Waals surface area contributed by atoms with Crippen LogP contribution in [0.2, 0.25) is 0 Å². The van der Waals surface area contributed by atoms with E-state index in [9.17, 15) is 0 Å². The molecular weight excluding hydrogens is 246 g/mol. The standard InChI is InChI=1S/C18H23NO/c19-17(16-14-11-6-7-12(9-11)15(14)16)13-5-1-3-10-4-2-8-20-18(10)13/h1,3,5,11-12,14-17H,2,4,6-9,19H2. The summed E-state index contributed by atoms with van der Waals surface area (Å²) in [4.78, 5) is 0. The molecule has 2 bridgehead atoms. The smallest absolute Gasteiger partial charge is 0.127 e. The minimum absolute atomic E-state index is 0.210. The Balaban J connectivity index is 1.46. The number of nitrogens with two attached hydrogens (primary N) is 1. The van der Waals surface area contributed by atoms with E-state index in [2.05, 4.69) is 18.2 Å². The molecule has 2 nitrogen and oxygen atoms in total. The summed E-state index contributed by atoms with van der Waals surface area (Å²) in [6.45, 7) is 0.861. The molecule has 106 valence electrons. The van der Waals surface area contributed by atoms with E-state index in [-0.39, 0.29) is 6.04 Å². The SMILES string of the molecule is NC(c1cccc2c1OCCC2)C1C2C3CCC(C3)C21. The molecule has 5 unspecified atom stereocenters. The maximum Gasteiger partial charge on any atom is 0.127 e. The summed E-state index contributed by atoms with van der Waals surface area (Å²) in [5, 5.41) is 0. The molecule has 2 N–H and O–H groups in total. The van der Waals surface area contributed by atoms with Gasteiger partial charge in [-0.25, -0.2) is 0 Å². The van der Waals surface area contributed by atoms with Crippen molar-refractivity contribution in [2.75, 3.05) is 6.61 Å². The van der Waals surface area contributed by atoms with Crippen molar-refractivity contribution >= 4 is 0 Å². The molecule has 0 aromatic heterocycles. The minimum Gasteiger partial charge on any atom is -0.493 e. The summed E-state index contributed by atoms with van der Waals surface area (Å²) < 4.78 is 5.97. The topological polar surface area (TPSA) is 35.2 Å². The maximum absolute atomic E-state index is 6.69. The van der Waals surface area contributed by atoms with Gasteiger partial charge in [0.2, 0.25) is 0 Å². The van der Waals surface area contributed by atoms with Gasteiger partial charge in [-0.3, -0.25) is 0 Å². The first-order valence-corrected chi connectivity index (χ1v) is 8.35. The van der Waals surface area contributed by atoms with Crippen molar-refractivity contribution in [3.63, 3.8) is 0 Å². The third-order valence-corrected chi connectivity index (χ3v) is 6.53. The Bertz CT molecular complexity index is 538. The van der Waals surface area contributed by atoms with Gasteiger partial charge in [-0.2, -0.15) is 0 Å². The molecule has 5 rings (SSSR count). The van der Waals surface area contributed by atoms with E-state index >= 15 is 0 Å². The van der Waals surface area contributed by atoms with Crippen molar-refractivity contribution in [2.24, 2.45) is 35.3 Å². The number of ether oxygens (including phenoxy) is 1. The zero-order valence-electron chi connectivity index (χ0n) is 11.9. The predicted octanol–water partition coefficient (Wildman–Crippen LogP) is 3.30. The molecular formula is C18H23NO. The van der Waals surface area contributed by atoms with E-state index in [1.807, 2.05) is 0 Å². The Kier molecular flexibility index (Phi) is 2.33. The van der Waals surface area contributed by atoms with Gasteiger partial charge in [0.1, 0.15) is 5.75 Å². The molecule has 2 heteroatoms. The highest BCUT2D eigenvalue weighted by Gasteiger charge is 2.66. The van der Waals surface area contributed by atoms with Crippen molar-refractivity contribution < 1.29 is 4.74 Å². The lowest BCUT2D eigenvalue weighted by Crippen LogP contribution is -2.20. The van der Waals surface area contributed by atoms with Crippen LogP contribution in [0, 0.1) is 29.6 Å². The first-order chi connectivity index (χ1) is 9.84. The van der Waals surface area contributed by atoms with Crippen LogP contribution in [0.1, 0.15) is 42.9 Å². The van der Waals surface area contributed by atoms with Gasteiger partial charge >= 0.3 is 0 Å². The average Bonchev–Trinajstić information content (AvgIpc) is 2.93. The summed E-state index contributed by atoms with van der Waals surface area (Å²) in [5.74, 6) is 5.77. The fraction of sp³-hybridized carbons (Fsp3) is 0.667. The van der Waals surface area contributed by atoms with Gasteiger partial charge in [-0.05, 0) is 67.3 Å². The van der Waals surface area contributed by atoms with E-state index in [4.69, 9.17) is 10.5 Å². The molecule has 0 radical (unpaired) electrons. The quantitative estimate of drug-likeness (QED) is 0.894. The second kappa shape index (κ2) is 4.00. The summed E-state index contributed by atoms with van der Waals surface area (Å²) in [6.07, 6.45) is 6.74. The lowest BCUT2D eigenvalue weighted by Gasteiger charge is -2.24. The van der Waals surface area contributed by atoms with Gasteiger partial charge in [0.25, 0.3) is 0 Å². The second-order valence-electron chi connectivity index (χ2n) is 7.38.